The third-order valence-electron chi connectivity index (χ3n) is 5.47. The molecule has 0 saturated carbocycles. The summed E-state index contributed by atoms with van der Waals surface area (Å²) in [7, 11) is -1.09. The van der Waals surface area contributed by atoms with Crippen LogP contribution in [0, 0.1) is 5.92 Å². The molecule has 0 radical (unpaired) electrons. The Balaban J connectivity index is 0.000000755. The lowest BCUT2D eigenvalue weighted by Crippen LogP contribution is -2.38. The van der Waals surface area contributed by atoms with Crippen LogP contribution in [0.15, 0.2) is 30.3 Å². The Labute approximate surface area is 170 Å². The van der Waals surface area contributed by atoms with Crippen LogP contribution in [-0.4, -0.2) is 65.2 Å². The molecule has 0 bridgehead atoms. The zero-order chi connectivity index (χ0) is 21.0. The summed E-state index contributed by atoms with van der Waals surface area (Å²) >= 11 is 0. The summed E-state index contributed by atoms with van der Waals surface area (Å²) in [5, 5.41) is 11.6. The molecular formula is C20H25N3O5S. The van der Waals surface area contributed by atoms with Gasteiger partial charge in [-0.25, -0.2) is 8.42 Å². The molecule has 1 amide bonds. The number of benzene rings is 1. The van der Waals surface area contributed by atoms with Crippen molar-refractivity contribution in [2.24, 2.45) is 13.0 Å². The van der Waals surface area contributed by atoms with E-state index < -0.39 is 9.84 Å². The van der Waals surface area contributed by atoms with Gasteiger partial charge in [0.15, 0.2) is 9.84 Å². The number of carbonyl (C=O) groups is 2. The van der Waals surface area contributed by atoms with Crippen LogP contribution in [0.3, 0.4) is 0 Å². The van der Waals surface area contributed by atoms with Gasteiger partial charge in [-0.05, 0) is 12.8 Å². The molecule has 2 aromatic rings. The van der Waals surface area contributed by atoms with E-state index in [9.17, 15) is 13.2 Å². The third kappa shape index (κ3) is 4.67. The van der Waals surface area contributed by atoms with Crippen LogP contribution in [0.1, 0.15) is 17.7 Å². The standard InChI is InChI=1S/C19H23N3O3S.CH2O2/c1-21-17-8-11-22(19(23)15-9-12-26(24,25)13-15)10-7-16(17)18(20-21)14-5-3-2-4-6-14;2-1-3/h2-6,15H,7-13H2,1H3;1H,(H,2,3). The minimum atomic E-state index is -3.04. The first-order valence-electron chi connectivity index (χ1n) is 9.53. The van der Waals surface area contributed by atoms with E-state index in [1.807, 2.05) is 34.8 Å². The van der Waals surface area contributed by atoms with Crippen LogP contribution in [0.25, 0.3) is 11.3 Å². The second-order valence-electron chi connectivity index (χ2n) is 7.29. The quantitative estimate of drug-likeness (QED) is 0.732. The number of fused-ring (bicyclic) bond motifs is 1. The van der Waals surface area contributed by atoms with Gasteiger partial charge in [0.25, 0.3) is 6.47 Å². The summed E-state index contributed by atoms with van der Waals surface area (Å²) in [6.07, 6.45) is 1.96. The first-order valence-corrected chi connectivity index (χ1v) is 11.4. The van der Waals surface area contributed by atoms with Gasteiger partial charge in [0.1, 0.15) is 0 Å². The van der Waals surface area contributed by atoms with Crippen LogP contribution in [-0.2, 0) is 39.3 Å². The predicted octanol–water partition coefficient (Wildman–Crippen LogP) is 1.15. The maximum absolute atomic E-state index is 12.8. The lowest BCUT2D eigenvalue weighted by atomic mass is 10.0. The van der Waals surface area contributed by atoms with E-state index in [4.69, 9.17) is 15.0 Å². The van der Waals surface area contributed by atoms with Crippen LogP contribution < -0.4 is 0 Å². The molecule has 8 nitrogen and oxygen atoms in total. The Hall–Kier alpha value is -2.68. The van der Waals surface area contributed by atoms with Crippen molar-refractivity contribution in [2.45, 2.75) is 19.3 Å². The van der Waals surface area contributed by atoms with Gasteiger partial charge >= 0.3 is 0 Å². The number of amides is 1. The molecule has 1 aromatic heterocycles. The summed E-state index contributed by atoms with van der Waals surface area (Å²) in [6, 6.07) is 10.1. The van der Waals surface area contributed by atoms with Gasteiger partial charge in [0.05, 0.1) is 23.1 Å². The van der Waals surface area contributed by atoms with Gasteiger partial charge in [-0.2, -0.15) is 5.10 Å². The van der Waals surface area contributed by atoms with Crippen molar-refractivity contribution in [3.05, 3.63) is 41.6 Å². The molecule has 29 heavy (non-hydrogen) atoms. The van der Waals surface area contributed by atoms with Crippen molar-refractivity contribution in [3.63, 3.8) is 0 Å². The number of sulfone groups is 1. The highest BCUT2D eigenvalue weighted by Crippen LogP contribution is 2.29. The number of rotatable bonds is 2. The number of hydrogen-bond acceptors (Lipinski definition) is 5. The van der Waals surface area contributed by atoms with E-state index in [0.29, 0.717) is 19.5 Å². The second kappa shape index (κ2) is 8.77. The first-order chi connectivity index (χ1) is 13.9. The van der Waals surface area contributed by atoms with Crippen molar-refractivity contribution in [1.29, 1.82) is 0 Å². The van der Waals surface area contributed by atoms with Gasteiger partial charge in [-0.3, -0.25) is 14.3 Å². The van der Waals surface area contributed by atoms with Gasteiger partial charge < -0.3 is 10.0 Å². The van der Waals surface area contributed by atoms with Crippen LogP contribution in [0.4, 0.5) is 0 Å². The third-order valence-corrected chi connectivity index (χ3v) is 7.23. The molecular weight excluding hydrogens is 394 g/mol. The molecule has 0 spiro atoms. The van der Waals surface area contributed by atoms with Gasteiger partial charge in [0, 0.05) is 43.4 Å². The number of carbonyl (C=O) groups excluding carboxylic acids is 1. The molecule has 1 atom stereocenters. The Morgan fingerprint density at radius 2 is 1.86 bits per heavy atom. The Kier molecular flexibility index (Phi) is 6.36. The average molecular weight is 420 g/mol. The van der Waals surface area contributed by atoms with Crippen molar-refractivity contribution >= 4 is 22.2 Å². The Morgan fingerprint density at radius 1 is 1.21 bits per heavy atom. The minimum absolute atomic E-state index is 0.00605. The topological polar surface area (TPSA) is 110 Å². The van der Waals surface area contributed by atoms with Crippen molar-refractivity contribution in [1.82, 2.24) is 14.7 Å². The first kappa shape index (κ1) is 21.0. The van der Waals surface area contributed by atoms with Crippen molar-refractivity contribution < 1.29 is 23.1 Å². The highest BCUT2D eigenvalue weighted by molar-refractivity contribution is 7.91. The summed E-state index contributed by atoms with van der Waals surface area (Å²) in [6.45, 7) is 0.990. The van der Waals surface area contributed by atoms with E-state index in [0.717, 1.165) is 29.8 Å². The summed E-state index contributed by atoms with van der Waals surface area (Å²) in [5.41, 5.74) is 4.44. The molecule has 156 valence electrons. The fourth-order valence-corrected chi connectivity index (χ4v) is 5.81. The fraction of sp³-hybridized carbons (Fsp3) is 0.450. The average Bonchev–Trinajstić information content (AvgIpc) is 3.12. The molecule has 1 unspecified atom stereocenters. The molecule has 1 saturated heterocycles. The SMILES string of the molecule is Cn1nc(-c2ccccc2)c2c1CCN(C(=O)C1CCS(=O)(=O)C1)CC2.O=CO. The number of carboxylic acid groups (broad SMARTS) is 1. The number of hydrogen-bond donors (Lipinski definition) is 1. The fourth-order valence-electron chi connectivity index (χ4n) is 4.07. The van der Waals surface area contributed by atoms with Crippen LogP contribution in [0.5, 0.6) is 0 Å². The maximum Gasteiger partial charge on any atom is 0.290 e. The van der Waals surface area contributed by atoms with Crippen molar-refractivity contribution in [3.8, 4) is 11.3 Å². The molecule has 1 aromatic carbocycles. The predicted molar refractivity (Wildman–Crippen MR) is 108 cm³/mol. The molecule has 0 aliphatic carbocycles. The van der Waals surface area contributed by atoms with Gasteiger partial charge in [-0.1, -0.05) is 30.3 Å². The molecule has 9 heteroatoms. The molecule has 2 aliphatic heterocycles. The van der Waals surface area contributed by atoms with E-state index in [1.165, 1.54) is 5.56 Å². The second-order valence-corrected chi connectivity index (χ2v) is 9.52. The van der Waals surface area contributed by atoms with E-state index in [-0.39, 0.29) is 29.8 Å². The smallest absolute Gasteiger partial charge is 0.290 e. The number of aryl methyl sites for hydroxylation is 1. The minimum Gasteiger partial charge on any atom is -0.483 e. The Morgan fingerprint density at radius 3 is 2.48 bits per heavy atom. The van der Waals surface area contributed by atoms with E-state index in [1.54, 1.807) is 0 Å². The van der Waals surface area contributed by atoms with Gasteiger partial charge in [-0.15, -0.1) is 0 Å². The maximum atomic E-state index is 12.8. The lowest BCUT2D eigenvalue weighted by molar-refractivity contribution is -0.134. The highest BCUT2D eigenvalue weighted by atomic mass is 32.2. The number of aromatic nitrogens is 2. The van der Waals surface area contributed by atoms with E-state index in [2.05, 4.69) is 12.1 Å². The zero-order valence-electron chi connectivity index (χ0n) is 16.3. The van der Waals surface area contributed by atoms with Crippen molar-refractivity contribution in [2.75, 3.05) is 24.6 Å². The normalized spacial score (nSPS) is 20.2. The molecule has 2 aliphatic rings. The monoisotopic (exact) mass is 419 g/mol. The molecule has 1 N–H and O–H groups in total. The lowest BCUT2D eigenvalue weighted by Gasteiger charge is -2.23. The largest absolute Gasteiger partial charge is 0.483 e. The Bertz CT molecular complexity index is 985. The highest BCUT2D eigenvalue weighted by Gasteiger charge is 2.36. The summed E-state index contributed by atoms with van der Waals surface area (Å²) in [4.78, 5) is 23.0. The molecule has 1 fully saturated rings. The van der Waals surface area contributed by atoms with E-state index >= 15 is 0 Å². The molecule has 4 rings (SSSR count). The summed E-state index contributed by atoms with van der Waals surface area (Å²) < 4.78 is 25.3. The van der Waals surface area contributed by atoms with Crippen LogP contribution >= 0.6 is 0 Å². The number of nitrogens with zero attached hydrogens (tertiary/aromatic N) is 3. The molecule has 3 heterocycles. The van der Waals surface area contributed by atoms with Crippen LogP contribution in [0.2, 0.25) is 0 Å². The van der Waals surface area contributed by atoms with Gasteiger partial charge in [0.2, 0.25) is 5.91 Å². The summed E-state index contributed by atoms with van der Waals surface area (Å²) in [5.74, 6) is -0.230. The zero-order valence-corrected chi connectivity index (χ0v) is 17.1.